The molecule has 104 valence electrons. The Bertz CT molecular complexity index is 629. The van der Waals surface area contributed by atoms with Gasteiger partial charge in [0.15, 0.2) is 5.82 Å². The second-order valence-corrected chi connectivity index (χ2v) is 5.61. The Morgan fingerprint density at radius 2 is 2.10 bits per heavy atom. The van der Waals surface area contributed by atoms with E-state index in [1.54, 1.807) is 0 Å². The van der Waals surface area contributed by atoms with Crippen molar-refractivity contribution in [3.8, 4) is 0 Å². The van der Waals surface area contributed by atoms with Crippen LogP contribution in [0.2, 0.25) is 5.02 Å². The third-order valence-electron chi connectivity index (χ3n) is 3.83. The zero-order valence-electron chi connectivity index (χ0n) is 11.2. The van der Waals surface area contributed by atoms with Gasteiger partial charge >= 0.3 is 0 Å². The highest BCUT2D eigenvalue weighted by molar-refractivity contribution is 6.30. The number of halogens is 1. The minimum atomic E-state index is -0.407. The number of rotatable bonds is 4. The molecule has 1 aliphatic carbocycles. The first-order valence-electron chi connectivity index (χ1n) is 6.76. The van der Waals surface area contributed by atoms with E-state index < -0.39 is 5.41 Å². The third kappa shape index (κ3) is 2.31. The van der Waals surface area contributed by atoms with E-state index in [4.69, 9.17) is 11.6 Å². The molecule has 20 heavy (non-hydrogen) atoms. The summed E-state index contributed by atoms with van der Waals surface area (Å²) in [6.07, 6.45) is 2.60. The molecule has 1 aromatic carbocycles. The van der Waals surface area contributed by atoms with Crippen LogP contribution in [0.4, 0.5) is 5.82 Å². The molecule has 2 N–H and O–H groups in total. The van der Waals surface area contributed by atoms with Crippen molar-refractivity contribution in [2.24, 2.45) is 0 Å². The Morgan fingerprint density at radius 1 is 1.40 bits per heavy atom. The van der Waals surface area contributed by atoms with E-state index in [0.717, 1.165) is 30.5 Å². The number of aromatic nitrogens is 2. The number of anilines is 1. The molecule has 1 aromatic heterocycles. The lowest BCUT2D eigenvalue weighted by Crippen LogP contribution is -2.27. The highest BCUT2D eigenvalue weighted by Crippen LogP contribution is 2.49. The molecule has 0 spiro atoms. The van der Waals surface area contributed by atoms with Crippen molar-refractivity contribution in [2.75, 3.05) is 5.32 Å². The Morgan fingerprint density at radius 3 is 2.65 bits per heavy atom. The maximum absolute atomic E-state index is 12.5. The number of H-pyrrole nitrogens is 1. The number of nitrogens with zero attached hydrogens (tertiary/aromatic N) is 1. The van der Waals surface area contributed by atoms with Gasteiger partial charge in [0.25, 0.3) is 0 Å². The minimum Gasteiger partial charge on any atom is -0.308 e. The Balaban J connectivity index is 1.77. The van der Waals surface area contributed by atoms with E-state index in [1.165, 1.54) is 0 Å². The SMILES string of the molecule is CCc1cc(NC(=O)C2(c3ccc(Cl)cc3)CC2)n[nH]1. The number of carbonyl (C=O) groups excluding carboxylic acids is 1. The van der Waals surface area contributed by atoms with Crippen molar-refractivity contribution in [1.29, 1.82) is 0 Å². The topological polar surface area (TPSA) is 57.8 Å². The first kappa shape index (κ1) is 13.2. The predicted molar refractivity (Wildman–Crippen MR) is 79.0 cm³/mol. The van der Waals surface area contributed by atoms with E-state index >= 15 is 0 Å². The molecule has 1 heterocycles. The monoisotopic (exact) mass is 289 g/mol. The molecule has 1 saturated carbocycles. The maximum Gasteiger partial charge on any atom is 0.236 e. The fourth-order valence-corrected chi connectivity index (χ4v) is 2.51. The van der Waals surface area contributed by atoms with Crippen LogP contribution in [-0.4, -0.2) is 16.1 Å². The zero-order valence-corrected chi connectivity index (χ0v) is 12.0. The van der Waals surface area contributed by atoms with Gasteiger partial charge in [-0.25, -0.2) is 0 Å². The van der Waals surface area contributed by atoms with Gasteiger partial charge in [-0.05, 0) is 37.0 Å². The summed E-state index contributed by atoms with van der Waals surface area (Å²) in [4.78, 5) is 12.5. The minimum absolute atomic E-state index is 0.00831. The molecule has 1 amide bonds. The summed E-state index contributed by atoms with van der Waals surface area (Å²) in [5, 5.41) is 10.6. The largest absolute Gasteiger partial charge is 0.308 e. The van der Waals surface area contributed by atoms with Crippen LogP contribution >= 0.6 is 11.6 Å². The molecule has 0 saturated heterocycles. The summed E-state index contributed by atoms with van der Waals surface area (Å²) >= 11 is 5.90. The number of benzene rings is 1. The fraction of sp³-hybridized carbons (Fsp3) is 0.333. The van der Waals surface area contributed by atoms with Gasteiger partial charge in [-0.2, -0.15) is 5.10 Å². The lowest BCUT2D eigenvalue weighted by atomic mass is 9.95. The third-order valence-corrected chi connectivity index (χ3v) is 4.09. The molecule has 3 rings (SSSR count). The summed E-state index contributed by atoms with van der Waals surface area (Å²) in [6.45, 7) is 2.04. The zero-order chi connectivity index (χ0) is 14.2. The molecule has 0 atom stereocenters. The summed E-state index contributed by atoms with van der Waals surface area (Å²) in [7, 11) is 0. The van der Waals surface area contributed by atoms with Crippen molar-refractivity contribution in [3.05, 3.63) is 46.6 Å². The van der Waals surface area contributed by atoms with Crippen LogP contribution in [-0.2, 0) is 16.6 Å². The smallest absolute Gasteiger partial charge is 0.236 e. The molecule has 1 fully saturated rings. The quantitative estimate of drug-likeness (QED) is 0.907. The summed E-state index contributed by atoms with van der Waals surface area (Å²) in [5.74, 6) is 0.598. The van der Waals surface area contributed by atoms with Gasteiger partial charge in [-0.15, -0.1) is 0 Å². The lowest BCUT2D eigenvalue weighted by molar-refractivity contribution is -0.118. The molecule has 5 heteroatoms. The van der Waals surface area contributed by atoms with E-state index in [0.29, 0.717) is 10.8 Å². The van der Waals surface area contributed by atoms with Crippen molar-refractivity contribution in [3.63, 3.8) is 0 Å². The van der Waals surface area contributed by atoms with Gasteiger partial charge in [-0.3, -0.25) is 9.89 Å². The molecule has 0 bridgehead atoms. The van der Waals surface area contributed by atoms with Gasteiger partial charge in [0, 0.05) is 16.8 Å². The van der Waals surface area contributed by atoms with Gasteiger partial charge in [0.2, 0.25) is 5.91 Å². The van der Waals surface area contributed by atoms with Gasteiger partial charge in [0.1, 0.15) is 0 Å². The summed E-state index contributed by atoms with van der Waals surface area (Å²) < 4.78 is 0. The van der Waals surface area contributed by atoms with E-state index in [9.17, 15) is 4.79 Å². The summed E-state index contributed by atoms with van der Waals surface area (Å²) in [5.41, 5.74) is 1.62. The Kier molecular flexibility index (Phi) is 3.26. The molecule has 1 aliphatic rings. The second-order valence-electron chi connectivity index (χ2n) is 5.18. The predicted octanol–water partition coefficient (Wildman–Crippen LogP) is 3.30. The van der Waals surface area contributed by atoms with Crippen molar-refractivity contribution >= 4 is 23.3 Å². The maximum atomic E-state index is 12.5. The standard InChI is InChI=1S/C15H16ClN3O/c1-2-12-9-13(19-18-12)17-14(20)15(7-8-15)10-3-5-11(16)6-4-10/h3-6,9H,2,7-8H2,1H3,(H2,17,18,19,20). The van der Waals surface area contributed by atoms with Crippen LogP contribution in [0.25, 0.3) is 0 Å². The number of hydrogen-bond donors (Lipinski definition) is 2. The molecule has 2 aromatic rings. The van der Waals surface area contributed by atoms with Crippen LogP contribution in [0.15, 0.2) is 30.3 Å². The van der Waals surface area contributed by atoms with Crippen molar-refractivity contribution < 1.29 is 4.79 Å². The Hall–Kier alpha value is -1.81. The second kappa shape index (κ2) is 4.94. The first-order valence-corrected chi connectivity index (χ1v) is 7.13. The number of aromatic amines is 1. The number of hydrogen-bond acceptors (Lipinski definition) is 2. The number of nitrogens with one attached hydrogen (secondary N) is 2. The van der Waals surface area contributed by atoms with E-state index in [1.807, 2.05) is 37.3 Å². The number of aryl methyl sites for hydroxylation is 1. The molecule has 0 aliphatic heterocycles. The van der Waals surface area contributed by atoms with Crippen LogP contribution in [0, 0.1) is 0 Å². The molecular formula is C15H16ClN3O. The van der Waals surface area contributed by atoms with Crippen LogP contribution < -0.4 is 5.32 Å². The molecular weight excluding hydrogens is 274 g/mol. The first-order chi connectivity index (χ1) is 9.64. The average molecular weight is 290 g/mol. The Labute approximate surface area is 122 Å². The molecule has 4 nitrogen and oxygen atoms in total. The van der Waals surface area contributed by atoms with Gasteiger partial charge in [-0.1, -0.05) is 30.7 Å². The molecule has 0 unspecified atom stereocenters. The molecule has 0 radical (unpaired) electrons. The van der Waals surface area contributed by atoms with E-state index in [-0.39, 0.29) is 5.91 Å². The van der Waals surface area contributed by atoms with Crippen molar-refractivity contribution in [2.45, 2.75) is 31.6 Å². The highest BCUT2D eigenvalue weighted by atomic mass is 35.5. The van der Waals surface area contributed by atoms with Crippen LogP contribution in [0.1, 0.15) is 31.0 Å². The van der Waals surface area contributed by atoms with Crippen LogP contribution in [0.3, 0.4) is 0 Å². The van der Waals surface area contributed by atoms with Gasteiger partial charge in [0.05, 0.1) is 5.41 Å². The van der Waals surface area contributed by atoms with Crippen LogP contribution in [0.5, 0.6) is 0 Å². The average Bonchev–Trinajstić information content (AvgIpc) is 3.14. The highest BCUT2D eigenvalue weighted by Gasteiger charge is 2.51. The normalized spacial score (nSPS) is 15.9. The fourth-order valence-electron chi connectivity index (χ4n) is 2.38. The number of carbonyl (C=O) groups is 1. The summed E-state index contributed by atoms with van der Waals surface area (Å²) in [6, 6.07) is 9.38. The van der Waals surface area contributed by atoms with E-state index in [2.05, 4.69) is 15.5 Å². The lowest BCUT2D eigenvalue weighted by Gasteiger charge is -2.14. The number of amides is 1. The van der Waals surface area contributed by atoms with Crippen molar-refractivity contribution in [1.82, 2.24) is 10.2 Å². The van der Waals surface area contributed by atoms with Gasteiger partial charge < -0.3 is 5.32 Å².